The number of rotatable bonds is 3. The highest BCUT2D eigenvalue weighted by Crippen LogP contribution is 2.49. The van der Waals surface area contributed by atoms with E-state index < -0.39 is 0 Å². The molecule has 3 nitrogen and oxygen atoms in total. The second-order valence-corrected chi connectivity index (χ2v) is 7.35. The summed E-state index contributed by atoms with van der Waals surface area (Å²) in [6.07, 6.45) is 4.05. The van der Waals surface area contributed by atoms with Crippen molar-refractivity contribution in [1.29, 1.82) is 0 Å². The van der Waals surface area contributed by atoms with Crippen molar-refractivity contribution in [2.75, 3.05) is 26.9 Å². The smallest absolute Gasteiger partial charge is 0.122 e. The van der Waals surface area contributed by atoms with Gasteiger partial charge in [0.1, 0.15) is 5.75 Å². The van der Waals surface area contributed by atoms with Crippen molar-refractivity contribution in [3.05, 3.63) is 29.3 Å². The largest absolute Gasteiger partial charge is 0.496 e. The average molecular weight is 301 g/mol. The summed E-state index contributed by atoms with van der Waals surface area (Å²) in [4.78, 5) is 0. The van der Waals surface area contributed by atoms with E-state index >= 15 is 0 Å². The van der Waals surface area contributed by atoms with Crippen molar-refractivity contribution in [2.24, 2.45) is 23.7 Å². The molecule has 2 saturated heterocycles. The lowest BCUT2D eigenvalue weighted by Crippen LogP contribution is -2.24. The zero-order chi connectivity index (χ0) is 15.1. The Balaban J connectivity index is 1.57. The van der Waals surface area contributed by atoms with E-state index in [9.17, 15) is 0 Å². The maximum absolute atomic E-state index is 5.65. The van der Waals surface area contributed by atoms with Crippen LogP contribution in [0.25, 0.3) is 0 Å². The molecule has 22 heavy (non-hydrogen) atoms. The Morgan fingerprint density at radius 3 is 2.64 bits per heavy atom. The highest BCUT2D eigenvalue weighted by atomic mass is 16.5. The minimum absolute atomic E-state index is 0.500. The van der Waals surface area contributed by atoms with Crippen LogP contribution in [0.15, 0.2) is 18.2 Å². The maximum Gasteiger partial charge on any atom is 0.122 e. The predicted octanol–water partition coefficient (Wildman–Crippen LogP) is 3.33. The van der Waals surface area contributed by atoms with Crippen molar-refractivity contribution >= 4 is 0 Å². The molecule has 3 aliphatic rings. The molecular weight excluding hydrogens is 274 g/mol. The number of benzene rings is 1. The molecule has 3 heteroatoms. The zero-order valence-electron chi connectivity index (χ0n) is 13.7. The lowest BCUT2D eigenvalue weighted by Gasteiger charge is -2.28. The van der Waals surface area contributed by atoms with E-state index in [0.29, 0.717) is 6.04 Å². The fraction of sp³-hybridized carbons (Fsp3) is 0.684. The first-order valence-corrected chi connectivity index (χ1v) is 8.72. The number of ether oxygens (including phenoxy) is 2. The fourth-order valence-corrected chi connectivity index (χ4v) is 5.15. The van der Waals surface area contributed by atoms with Gasteiger partial charge in [-0.3, -0.25) is 0 Å². The summed E-state index contributed by atoms with van der Waals surface area (Å²) < 4.78 is 11.2. The lowest BCUT2D eigenvalue weighted by molar-refractivity contribution is 0.156. The van der Waals surface area contributed by atoms with E-state index in [1.807, 2.05) is 0 Å². The van der Waals surface area contributed by atoms with Gasteiger partial charge in [-0.15, -0.1) is 0 Å². The molecule has 4 rings (SSSR count). The normalized spacial score (nSPS) is 37.5. The van der Waals surface area contributed by atoms with Crippen molar-refractivity contribution < 1.29 is 9.47 Å². The molecule has 0 aromatic heterocycles. The topological polar surface area (TPSA) is 30.5 Å². The van der Waals surface area contributed by atoms with Crippen molar-refractivity contribution in [3.63, 3.8) is 0 Å². The summed E-state index contributed by atoms with van der Waals surface area (Å²) in [5.74, 6) is 4.32. The second kappa shape index (κ2) is 5.86. The molecular formula is C19H27NO2. The summed E-state index contributed by atoms with van der Waals surface area (Å²) in [6.45, 7) is 5.35. The number of methoxy groups -OCH3 is 1. The summed E-state index contributed by atoms with van der Waals surface area (Å²) in [6, 6.07) is 6.99. The Labute approximate surface area is 133 Å². The quantitative estimate of drug-likeness (QED) is 0.929. The molecule has 2 aliphatic heterocycles. The number of hydrogen-bond donors (Lipinski definition) is 1. The minimum atomic E-state index is 0.500. The maximum atomic E-state index is 5.65. The molecule has 0 bridgehead atoms. The minimum Gasteiger partial charge on any atom is -0.496 e. The molecule has 1 N–H and O–H groups in total. The Morgan fingerprint density at radius 2 is 1.91 bits per heavy atom. The summed E-state index contributed by atoms with van der Waals surface area (Å²) in [7, 11) is 1.77. The zero-order valence-corrected chi connectivity index (χ0v) is 13.7. The average Bonchev–Trinajstić information content (AvgIpc) is 3.22. The number of fused-ring (bicyclic) bond motifs is 1. The van der Waals surface area contributed by atoms with Crippen LogP contribution in [0.3, 0.4) is 0 Å². The number of hydrogen-bond acceptors (Lipinski definition) is 3. The van der Waals surface area contributed by atoms with Gasteiger partial charge in [-0.05, 0) is 73.6 Å². The van der Waals surface area contributed by atoms with E-state index in [4.69, 9.17) is 9.47 Å². The van der Waals surface area contributed by atoms with Gasteiger partial charge in [-0.2, -0.15) is 0 Å². The van der Waals surface area contributed by atoms with Crippen LogP contribution in [0.5, 0.6) is 5.75 Å². The van der Waals surface area contributed by atoms with Crippen molar-refractivity contribution in [3.8, 4) is 5.75 Å². The molecule has 4 atom stereocenters. The predicted molar refractivity (Wildman–Crippen MR) is 87.1 cm³/mol. The molecule has 0 amide bonds. The van der Waals surface area contributed by atoms with E-state index in [2.05, 4.69) is 30.4 Å². The highest BCUT2D eigenvalue weighted by Gasteiger charge is 2.44. The number of nitrogens with one attached hydrogen (secondary N) is 1. The monoisotopic (exact) mass is 301 g/mol. The van der Waals surface area contributed by atoms with Gasteiger partial charge in [0.2, 0.25) is 0 Å². The summed E-state index contributed by atoms with van der Waals surface area (Å²) >= 11 is 0. The van der Waals surface area contributed by atoms with Gasteiger partial charge >= 0.3 is 0 Å². The molecule has 1 aromatic carbocycles. The molecule has 1 aromatic rings. The molecule has 2 heterocycles. The first-order valence-electron chi connectivity index (χ1n) is 8.72. The first-order chi connectivity index (χ1) is 10.8. The Hall–Kier alpha value is -1.06. The van der Waals surface area contributed by atoms with Crippen molar-refractivity contribution in [1.82, 2.24) is 5.32 Å². The molecule has 0 radical (unpaired) electrons. The molecule has 1 aliphatic carbocycles. The Morgan fingerprint density at radius 1 is 1.14 bits per heavy atom. The molecule has 120 valence electrons. The molecule has 2 unspecified atom stereocenters. The molecule has 0 spiro atoms. The van der Waals surface area contributed by atoms with Crippen LogP contribution < -0.4 is 10.1 Å². The van der Waals surface area contributed by atoms with Crippen LogP contribution in [-0.4, -0.2) is 26.9 Å². The third-order valence-electron chi connectivity index (χ3n) is 6.30. The van der Waals surface area contributed by atoms with Gasteiger partial charge < -0.3 is 14.8 Å². The van der Waals surface area contributed by atoms with Crippen LogP contribution in [0.2, 0.25) is 0 Å². The third-order valence-corrected chi connectivity index (χ3v) is 6.30. The standard InChI is InChI=1S/C19H27NO2/c1-12-16(4-3-5-18(12)21-2)19-17(6-7-20-19)13-8-14-10-22-11-15(14)9-13/h3-5,13-15,17,19-20H,6-11H2,1-2H3/t13?,14?,15?,17-,19+/m0/s1. The van der Waals surface area contributed by atoms with Gasteiger partial charge in [0.15, 0.2) is 0 Å². The van der Waals surface area contributed by atoms with Gasteiger partial charge in [0, 0.05) is 19.3 Å². The Kier molecular flexibility index (Phi) is 3.87. The molecule has 3 fully saturated rings. The van der Waals surface area contributed by atoms with Gasteiger partial charge in [-0.1, -0.05) is 12.1 Å². The fourth-order valence-electron chi connectivity index (χ4n) is 5.15. The first kappa shape index (κ1) is 14.5. The van der Waals surface area contributed by atoms with Crippen LogP contribution in [0, 0.1) is 30.6 Å². The van der Waals surface area contributed by atoms with Gasteiger partial charge in [0.05, 0.1) is 7.11 Å². The second-order valence-electron chi connectivity index (χ2n) is 7.35. The Bertz CT molecular complexity index is 532. The summed E-state index contributed by atoms with van der Waals surface area (Å²) in [5.41, 5.74) is 2.74. The SMILES string of the molecule is COc1cccc([C@H]2NCC[C@H]2C2CC3COCC3C2)c1C. The van der Waals surface area contributed by atoms with E-state index in [1.54, 1.807) is 7.11 Å². The van der Waals surface area contributed by atoms with E-state index in [1.165, 1.54) is 30.4 Å². The van der Waals surface area contributed by atoms with E-state index in [-0.39, 0.29) is 0 Å². The van der Waals surface area contributed by atoms with Crippen LogP contribution in [-0.2, 0) is 4.74 Å². The van der Waals surface area contributed by atoms with Gasteiger partial charge in [-0.25, -0.2) is 0 Å². The third kappa shape index (κ3) is 2.35. The highest BCUT2D eigenvalue weighted by molar-refractivity contribution is 5.41. The summed E-state index contributed by atoms with van der Waals surface area (Å²) in [5, 5.41) is 3.77. The lowest BCUT2D eigenvalue weighted by atomic mass is 9.80. The van der Waals surface area contributed by atoms with Crippen molar-refractivity contribution in [2.45, 2.75) is 32.2 Å². The van der Waals surface area contributed by atoms with Crippen LogP contribution in [0.4, 0.5) is 0 Å². The van der Waals surface area contributed by atoms with Gasteiger partial charge in [0.25, 0.3) is 0 Å². The van der Waals surface area contributed by atoms with E-state index in [0.717, 1.165) is 49.2 Å². The molecule has 1 saturated carbocycles. The van der Waals surface area contributed by atoms with Crippen LogP contribution in [0.1, 0.15) is 36.4 Å². The van der Waals surface area contributed by atoms with Crippen LogP contribution >= 0.6 is 0 Å².